The Labute approximate surface area is 190 Å². The molecule has 5 nitrogen and oxygen atoms in total. The molecule has 8 heteroatoms. The molecular weight excluding hydrogens is 483 g/mol. The van der Waals surface area contributed by atoms with Gasteiger partial charge in [-0.15, -0.1) is 0 Å². The van der Waals surface area contributed by atoms with Crippen molar-refractivity contribution in [3.63, 3.8) is 0 Å². The minimum absolute atomic E-state index is 0.00668. The number of anilines is 1. The summed E-state index contributed by atoms with van der Waals surface area (Å²) in [5.41, 5.74) is 2.69. The standard InChI is InChI=1S/C23H22BrFN2O3S/c1-16-3-7-18(8-4-16)14-27(31(29,30)20-10-5-17(2)6-11-20)15-23(28)26-22-12-9-19(24)13-21(22)25/h3-13H,14-15H2,1-2H3,(H,26,28). The van der Waals surface area contributed by atoms with Crippen LogP contribution in [-0.2, 0) is 21.4 Å². The normalized spacial score (nSPS) is 11.5. The minimum atomic E-state index is -3.96. The Hall–Kier alpha value is -2.55. The summed E-state index contributed by atoms with van der Waals surface area (Å²) in [6.45, 7) is 3.35. The summed E-state index contributed by atoms with van der Waals surface area (Å²) < 4.78 is 42.3. The number of sulfonamides is 1. The SMILES string of the molecule is Cc1ccc(CN(CC(=O)Nc2ccc(Br)cc2F)S(=O)(=O)c2ccc(C)cc2)cc1. The van der Waals surface area contributed by atoms with Gasteiger partial charge in [-0.25, -0.2) is 12.8 Å². The maximum Gasteiger partial charge on any atom is 0.243 e. The van der Waals surface area contributed by atoms with Crippen LogP contribution in [0, 0.1) is 19.7 Å². The second-order valence-corrected chi connectivity index (χ2v) is 10.1. The number of aryl methyl sites for hydroxylation is 2. The molecule has 0 aromatic heterocycles. The number of nitrogens with one attached hydrogen (secondary N) is 1. The Bertz CT molecular complexity index is 1180. The first-order chi connectivity index (χ1) is 14.6. The lowest BCUT2D eigenvalue weighted by Gasteiger charge is -2.22. The maximum atomic E-state index is 14.1. The number of hydrogen-bond acceptors (Lipinski definition) is 3. The topological polar surface area (TPSA) is 66.5 Å². The van der Waals surface area contributed by atoms with Crippen LogP contribution in [0.2, 0.25) is 0 Å². The van der Waals surface area contributed by atoms with Crippen LogP contribution in [0.15, 0.2) is 76.1 Å². The zero-order valence-electron chi connectivity index (χ0n) is 17.1. The van der Waals surface area contributed by atoms with Crippen molar-refractivity contribution in [1.29, 1.82) is 0 Å². The summed E-state index contributed by atoms with van der Waals surface area (Å²) in [4.78, 5) is 12.7. The highest BCUT2D eigenvalue weighted by Crippen LogP contribution is 2.22. The van der Waals surface area contributed by atoms with Crippen molar-refractivity contribution >= 4 is 37.5 Å². The molecule has 3 aromatic rings. The molecule has 31 heavy (non-hydrogen) atoms. The second kappa shape index (κ2) is 9.72. The lowest BCUT2D eigenvalue weighted by molar-refractivity contribution is -0.116. The smallest absolute Gasteiger partial charge is 0.243 e. The first kappa shape index (κ1) is 23.1. The van der Waals surface area contributed by atoms with E-state index in [1.807, 2.05) is 38.1 Å². The highest BCUT2D eigenvalue weighted by molar-refractivity contribution is 9.10. The molecule has 3 aromatic carbocycles. The maximum absolute atomic E-state index is 14.1. The predicted molar refractivity (Wildman–Crippen MR) is 123 cm³/mol. The molecule has 0 atom stereocenters. The van der Waals surface area contributed by atoms with Gasteiger partial charge in [-0.1, -0.05) is 63.5 Å². The van der Waals surface area contributed by atoms with E-state index in [1.54, 1.807) is 18.2 Å². The predicted octanol–water partition coefficient (Wildman–Crippen LogP) is 5.03. The van der Waals surface area contributed by atoms with Crippen LogP contribution in [-0.4, -0.2) is 25.2 Å². The molecule has 0 aliphatic heterocycles. The molecule has 0 bridgehead atoms. The number of hydrogen-bond donors (Lipinski definition) is 1. The zero-order valence-corrected chi connectivity index (χ0v) is 19.5. The summed E-state index contributed by atoms with van der Waals surface area (Å²) in [5, 5.41) is 2.45. The molecule has 3 rings (SSSR count). The summed E-state index contributed by atoms with van der Waals surface area (Å²) in [5.74, 6) is -1.25. The van der Waals surface area contributed by atoms with Gasteiger partial charge in [-0.2, -0.15) is 4.31 Å². The molecule has 0 saturated carbocycles. The van der Waals surface area contributed by atoms with Gasteiger partial charge in [0.05, 0.1) is 17.1 Å². The Morgan fingerprint density at radius 2 is 1.55 bits per heavy atom. The van der Waals surface area contributed by atoms with Crippen LogP contribution < -0.4 is 5.32 Å². The van der Waals surface area contributed by atoms with Gasteiger partial charge in [0.1, 0.15) is 5.82 Å². The Morgan fingerprint density at radius 3 is 2.13 bits per heavy atom. The molecule has 0 aliphatic rings. The molecule has 0 fully saturated rings. The zero-order chi connectivity index (χ0) is 22.6. The fourth-order valence-electron chi connectivity index (χ4n) is 2.92. The third kappa shape index (κ3) is 6.00. The number of carbonyl (C=O) groups excluding carboxylic acids is 1. The molecule has 1 amide bonds. The lowest BCUT2D eigenvalue weighted by Crippen LogP contribution is -2.37. The third-order valence-corrected chi connectivity index (χ3v) is 6.96. The van der Waals surface area contributed by atoms with Gasteiger partial charge in [0.15, 0.2) is 0 Å². The average molecular weight is 505 g/mol. The van der Waals surface area contributed by atoms with Crippen molar-refractivity contribution in [2.45, 2.75) is 25.3 Å². The van der Waals surface area contributed by atoms with Gasteiger partial charge in [0.25, 0.3) is 0 Å². The number of carbonyl (C=O) groups is 1. The van der Waals surface area contributed by atoms with Crippen molar-refractivity contribution < 1.29 is 17.6 Å². The van der Waals surface area contributed by atoms with Crippen LogP contribution in [0.1, 0.15) is 16.7 Å². The van der Waals surface area contributed by atoms with Crippen LogP contribution in [0.4, 0.5) is 10.1 Å². The van der Waals surface area contributed by atoms with E-state index in [0.717, 1.165) is 21.0 Å². The third-order valence-electron chi connectivity index (χ3n) is 4.66. The highest BCUT2D eigenvalue weighted by Gasteiger charge is 2.27. The Morgan fingerprint density at radius 1 is 0.968 bits per heavy atom. The van der Waals surface area contributed by atoms with Crippen molar-refractivity contribution in [1.82, 2.24) is 4.31 Å². The average Bonchev–Trinajstić information content (AvgIpc) is 2.71. The fourth-order valence-corrected chi connectivity index (χ4v) is 4.64. The minimum Gasteiger partial charge on any atom is -0.322 e. The summed E-state index contributed by atoms with van der Waals surface area (Å²) in [7, 11) is -3.96. The highest BCUT2D eigenvalue weighted by atomic mass is 79.9. The fraction of sp³-hybridized carbons (Fsp3) is 0.174. The van der Waals surface area contributed by atoms with E-state index in [2.05, 4.69) is 21.2 Å². The molecule has 0 spiro atoms. The van der Waals surface area contributed by atoms with E-state index in [0.29, 0.717) is 4.47 Å². The Balaban J connectivity index is 1.88. The number of halogens is 2. The number of nitrogens with zero attached hydrogens (tertiary/aromatic N) is 1. The molecule has 0 unspecified atom stereocenters. The van der Waals surface area contributed by atoms with E-state index < -0.39 is 28.3 Å². The first-order valence-corrected chi connectivity index (χ1v) is 11.8. The molecule has 0 saturated heterocycles. The van der Waals surface area contributed by atoms with Crippen molar-refractivity contribution in [3.05, 3.63) is 93.7 Å². The monoisotopic (exact) mass is 504 g/mol. The molecule has 0 aliphatic carbocycles. The largest absolute Gasteiger partial charge is 0.322 e. The lowest BCUT2D eigenvalue weighted by atomic mass is 10.1. The first-order valence-electron chi connectivity index (χ1n) is 9.52. The van der Waals surface area contributed by atoms with Gasteiger partial charge in [0, 0.05) is 11.0 Å². The molecule has 162 valence electrons. The van der Waals surface area contributed by atoms with Crippen LogP contribution >= 0.6 is 15.9 Å². The van der Waals surface area contributed by atoms with Crippen molar-refractivity contribution in [2.24, 2.45) is 0 Å². The Kier molecular flexibility index (Phi) is 7.25. The van der Waals surface area contributed by atoms with Gasteiger partial charge >= 0.3 is 0 Å². The summed E-state index contributed by atoms with van der Waals surface area (Å²) in [6.07, 6.45) is 0. The number of amides is 1. The summed E-state index contributed by atoms with van der Waals surface area (Å²) in [6, 6.07) is 18.1. The number of benzene rings is 3. The number of rotatable bonds is 7. The molecular formula is C23H22BrFN2O3S. The van der Waals surface area contributed by atoms with Crippen molar-refractivity contribution in [2.75, 3.05) is 11.9 Å². The van der Waals surface area contributed by atoms with Gasteiger partial charge < -0.3 is 5.32 Å². The van der Waals surface area contributed by atoms with E-state index in [-0.39, 0.29) is 17.1 Å². The van der Waals surface area contributed by atoms with Crippen LogP contribution in [0.25, 0.3) is 0 Å². The van der Waals surface area contributed by atoms with E-state index in [4.69, 9.17) is 0 Å². The molecule has 0 radical (unpaired) electrons. The van der Waals surface area contributed by atoms with E-state index in [1.165, 1.54) is 24.3 Å². The van der Waals surface area contributed by atoms with E-state index in [9.17, 15) is 17.6 Å². The quantitative estimate of drug-likeness (QED) is 0.490. The summed E-state index contributed by atoms with van der Waals surface area (Å²) >= 11 is 3.16. The second-order valence-electron chi connectivity index (χ2n) is 7.24. The van der Waals surface area contributed by atoms with Gasteiger partial charge in [-0.3, -0.25) is 4.79 Å². The van der Waals surface area contributed by atoms with Gasteiger partial charge in [-0.05, 0) is 49.7 Å². The molecule has 0 heterocycles. The van der Waals surface area contributed by atoms with Crippen molar-refractivity contribution in [3.8, 4) is 0 Å². The van der Waals surface area contributed by atoms with E-state index >= 15 is 0 Å². The molecule has 1 N–H and O–H groups in total. The van der Waals surface area contributed by atoms with Crippen LogP contribution in [0.3, 0.4) is 0 Å². The van der Waals surface area contributed by atoms with Gasteiger partial charge in [0.2, 0.25) is 15.9 Å². The van der Waals surface area contributed by atoms with Crippen LogP contribution in [0.5, 0.6) is 0 Å².